The molecule has 10 heteroatoms. The monoisotopic (exact) mass is 481 g/mol. The van der Waals surface area contributed by atoms with E-state index in [1.807, 2.05) is 0 Å². The van der Waals surface area contributed by atoms with Crippen LogP contribution in [0.15, 0.2) is 69.0 Å². The van der Waals surface area contributed by atoms with Crippen molar-refractivity contribution in [2.45, 2.75) is 11.4 Å². The molecule has 0 aliphatic rings. The first-order valence-corrected chi connectivity index (χ1v) is 10.7. The predicted molar refractivity (Wildman–Crippen MR) is 110 cm³/mol. The number of hydrogen-bond acceptors (Lipinski definition) is 5. The first-order valence-electron chi connectivity index (χ1n) is 8.46. The van der Waals surface area contributed by atoms with Crippen molar-refractivity contribution in [1.29, 1.82) is 0 Å². The lowest BCUT2D eigenvalue weighted by Crippen LogP contribution is -2.31. The van der Waals surface area contributed by atoms with Crippen molar-refractivity contribution in [1.82, 2.24) is 14.3 Å². The van der Waals surface area contributed by atoms with Crippen molar-refractivity contribution in [3.05, 3.63) is 75.5 Å². The summed E-state index contributed by atoms with van der Waals surface area (Å²) in [4.78, 5) is 16.5. The number of halogens is 2. The minimum Gasteiger partial charge on any atom is -0.495 e. The van der Waals surface area contributed by atoms with Gasteiger partial charge in [0.1, 0.15) is 16.5 Å². The van der Waals surface area contributed by atoms with Gasteiger partial charge in [-0.1, -0.05) is 15.9 Å². The molecule has 152 valence electrons. The number of nitrogens with zero attached hydrogens (tertiary/aromatic N) is 2. The molecule has 0 aliphatic heterocycles. The molecule has 0 radical (unpaired) electrons. The molecule has 0 atom stereocenters. The fourth-order valence-corrected chi connectivity index (χ4v) is 4.34. The molecule has 1 N–H and O–H groups in total. The van der Waals surface area contributed by atoms with Crippen molar-refractivity contribution in [2.75, 3.05) is 13.7 Å². The first-order chi connectivity index (χ1) is 13.8. The minimum atomic E-state index is -3.84. The van der Waals surface area contributed by atoms with Gasteiger partial charge in [-0.3, -0.25) is 9.36 Å². The van der Waals surface area contributed by atoms with Crippen LogP contribution >= 0.6 is 15.9 Å². The van der Waals surface area contributed by atoms with Gasteiger partial charge in [0.25, 0.3) is 5.56 Å². The molecule has 0 bridgehead atoms. The maximum Gasteiger partial charge on any atom is 0.253 e. The van der Waals surface area contributed by atoms with E-state index in [0.29, 0.717) is 15.7 Å². The van der Waals surface area contributed by atoms with Crippen LogP contribution in [-0.2, 0) is 16.6 Å². The molecule has 0 fully saturated rings. The molecular formula is C19H17BrFN3O4S. The molecular weight excluding hydrogens is 465 g/mol. The topological polar surface area (TPSA) is 90.3 Å². The molecule has 0 saturated heterocycles. The Morgan fingerprint density at radius 2 is 1.90 bits per heavy atom. The maximum absolute atomic E-state index is 13.0. The van der Waals surface area contributed by atoms with Gasteiger partial charge in [0, 0.05) is 29.2 Å². The highest BCUT2D eigenvalue weighted by Crippen LogP contribution is 2.27. The van der Waals surface area contributed by atoms with E-state index in [9.17, 15) is 17.6 Å². The minimum absolute atomic E-state index is 0.00787. The van der Waals surface area contributed by atoms with Crippen LogP contribution in [-0.4, -0.2) is 31.6 Å². The van der Waals surface area contributed by atoms with Crippen molar-refractivity contribution >= 4 is 26.0 Å². The molecule has 29 heavy (non-hydrogen) atoms. The Morgan fingerprint density at radius 3 is 2.55 bits per heavy atom. The molecule has 0 saturated carbocycles. The van der Waals surface area contributed by atoms with E-state index < -0.39 is 10.0 Å². The predicted octanol–water partition coefficient (Wildman–Crippen LogP) is 2.80. The zero-order valence-electron chi connectivity index (χ0n) is 15.3. The third kappa shape index (κ3) is 5.08. The van der Waals surface area contributed by atoms with E-state index in [-0.39, 0.29) is 35.1 Å². The SMILES string of the molecule is COc1ccc(Br)cc1S(=O)(=O)NCCn1cnc(-c2ccc(F)cc2)cc1=O. The van der Waals surface area contributed by atoms with Crippen LogP contribution in [0.5, 0.6) is 5.75 Å². The fourth-order valence-electron chi connectivity index (χ4n) is 2.61. The Morgan fingerprint density at radius 1 is 1.17 bits per heavy atom. The Bertz CT molecular complexity index is 1180. The molecule has 0 unspecified atom stereocenters. The number of hydrogen-bond donors (Lipinski definition) is 1. The van der Waals surface area contributed by atoms with Gasteiger partial charge in [-0.2, -0.15) is 0 Å². The molecule has 0 spiro atoms. The van der Waals surface area contributed by atoms with Crippen molar-refractivity contribution < 1.29 is 17.5 Å². The zero-order valence-corrected chi connectivity index (χ0v) is 17.7. The summed E-state index contributed by atoms with van der Waals surface area (Å²) < 4.78 is 47.6. The zero-order chi connectivity index (χ0) is 21.0. The van der Waals surface area contributed by atoms with E-state index in [1.54, 1.807) is 12.1 Å². The molecule has 1 aromatic heterocycles. The van der Waals surface area contributed by atoms with E-state index in [4.69, 9.17) is 4.74 Å². The number of methoxy groups -OCH3 is 1. The Labute approximate surface area is 175 Å². The van der Waals surface area contributed by atoms with E-state index in [0.717, 1.165) is 0 Å². The number of aromatic nitrogens is 2. The van der Waals surface area contributed by atoms with Crippen LogP contribution in [0.2, 0.25) is 0 Å². The molecule has 2 aromatic carbocycles. The lowest BCUT2D eigenvalue weighted by Gasteiger charge is -2.12. The van der Waals surface area contributed by atoms with Crippen LogP contribution in [0.25, 0.3) is 11.3 Å². The fraction of sp³-hybridized carbons (Fsp3) is 0.158. The van der Waals surface area contributed by atoms with Crippen molar-refractivity contribution in [2.24, 2.45) is 0 Å². The highest BCUT2D eigenvalue weighted by molar-refractivity contribution is 9.10. The maximum atomic E-state index is 13.0. The quantitative estimate of drug-likeness (QED) is 0.560. The van der Waals surface area contributed by atoms with Crippen molar-refractivity contribution in [3.8, 4) is 17.0 Å². The Kier molecular flexibility index (Phi) is 6.46. The summed E-state index contributed by atoms with van der Waals surface area (Å²) in [6, 6.07) is 11.6. The molecule has 3 aromatic rings. The summed E-state index contributed by atoms with van der Waals surface area (Å²) >= 11 is 3.24. The highest BCUT2D eigenvalue weighted by Gasteiger charge is 2.19. The Hall–Kier alpha value is -2.56. The van der Waals surface area contributed by atoms with Gasteiger partial charge in [0.05, 0.1) is 19.1 Å². The van der Waals surface area contributed by atoms with Gasteiger partial charge in [0.2, 0.25) is 10.0 Å². The smallest absolute Gasteiger partial charge is 0.253 e. The van der Waals surface area contributed by atoms with E-state index >= 15 is 0 Å². The average Bonchev–Trinajstić information content (AvgIpc) is 2.69. The summed E-state index contributed by atoms with van der Waals surface area (Å²) in [5.74, 6) is -0.167. The summed E-state index contributed by atoms with van der Waals surface area (Å²) in [6.45, 7) is 0.0700. The van der Waals surface area contributed by atoms with E-state index in [1.165, 1.54) is 54.4 Å². The number of benzene rings is 2. The summed E-state index contributed by atoms with van der Waals surface area (Å²) in [5, 5.41) is 0. The molecule has 0 aliphatic carbocycles. The van der Waals surface area contributed by atoms with Gasteiger partial charge >= 0.3 is 0 Å². The summed E-state index contributed by atoms with van der Waals surface area (Å²) in [5.41, 5.74) is 0.669. The number of nitrogens with one attached hydrogen (secondary N) is 1. The number of ether oxygens (including phenoxy) is 1. The van der Waals surface area contributed by atoms with Crippen LogP contribution in [0.4, 0.5) is 4.39 Å². The second kappa shape index (κ2) is 8.85. The molecule has 0 amide bonds. The summed E-state index contributed by atoms with van der Waals surface area (Å²) in [6.07, 6.45) is 1.33. The van der Waals surface area contributed by atoms with Crippen molar-refractivity contribution in [3.63, 3.8) is 0 Å². The lowest BCUT2D eigenvalue weighted by molar-refractivity contribution is 0.402. The molecule has 3 rings (SSSR count). The second-order valence-electron chi connectivity index (χ2n) is 6.01. The summed E-state index contributed by atoms with van der Waals surface area (Å²) in [7, 11) is -2.45. The second-order valence-corrected chi connectivity index (χ2v) is 8.66. The molecule has 7 nitrogen and oxygen atoms in total. The van der Waals surface area contributed by atoms with Gasteiger partial charge in [0.15, 0.2) is 0 Å². The molecule has 1 heterocycles. The normalized spacial score (nSPS) is 11.4. The third-order valence-electron chi connectivity index (χ3n) is 4.08. The average molecular weight is 482 g/mol. The Balaban J connectivity index is 1.71. The van der Waals surface area contributed by atoms with Crippen LogP contribution < -0.4 is 15.0 Å². The van der Waals surface area contributed by atoms with Gasteiger partial charge in [-0.15, -0.1) is 0 Å². The van der Waals surface area contributed by atoms with Gasteiger partial charge < -0.3 is 4.74 Å². The van der Waals surface area contributed by atoms with E-state index in [2.05, 4.69) is 25.6 Å². The number of sulfonamides is 1. The standard InChI is InChI=1S/C19H17BrFN3O4S/c1-28-17-7-4-14(20)10-18(17)29(26,27)23-8-9-24-12-22-16(11-19(24)25)13-2-5-15(21)6-3-13/h2-7,10-12,23H,8-9H2,1H3. The van der Waals surface area contributed by atoms with Crippen LogP contribution in [0, 0.1) is 5.82 Å². The van der Waals surface area contributed by atoms with Crippen LogP contribution in [0.1, 0.15) is 0 Å². The largest absolute Gasteiger partial charge is 0.495 e. The van der Waals surface area contributed by atoms with Gasteiger partial charge in [-0.05, 0) is 42.5 Å². The third-order valence-corrected chi connectivity index (χ3v) is 6.05. The van der Waals surface area contributed by atoms with Crippen LogP contribution in [0.3, 0.4) is 0 Å². The lowest BCUT2D eigenvalue weighted by atomic mass is 10.1. The highest BCUT2D eigenvalue weighted by atomic mass is 79.9. The number of rotatable bonds is 7. The van der Waals surface area contributed by atoms with Gasteiger partial charge in [-0.25, -0.2) is 22.5 Å². The first kappa shape index (κ1) is 21.2.